The van der Waals surface area contributed by atoms with Crippen LogP contribution in [0.1, 0.15) is 2.74 Å². The predicted molar refractivity (Wildman–Crippen MR) is 84.1 cm³/mol. The number of rotatable bonds is 4. The van der Waals surface area contributed by atoms with Gasteiger partial charge in [0.05, 0.1) is 13.0 Å². The van der Waals surface area contributed by atoms with Crippen molar-refractivity contribution in [2.75, 3.05) is 19.2 Å². The lowest BCUT2D eigenvalue weighted by Crippen LogP contribution is -2.18. The highest BCUT2D eigenvalue weighted by Crippen LogP contribution is 2.56. The topological polar surface area (TPSA) is 34.1 Å². The zero-order valence-corrected chi connectivity index (χ0v) is 12.8. The number of hydrogen-bond acceptors (Lipinski definition) is 2. The van der Waals surface area contributed by atoms with E-state index in [0.29, 0.717) is 10.6 Å². The second kappa shape index (κ2) is 5.49. The van der Waals surface area contributed by atoms with E-state index in [2.05, 4.69) is 0 Å². The van der Waals surface area contributed by atoms with Gasteiger partial charge >= 0.3 is 0 Å². The summed E-state index contributed by atoms with van der Waals surface area (Å²) in [5.74, 6) is -2.29. The van der Waals surface area contributed by atoms with Gasteiger partial charge in [0.15, 0.2) is 0 Å². The molecule has 2 aromatic rings. The summed E-state index contributed by atoms with van der Waals surface area (Å²) in [6, 6.07) is 17.0. The fourth-order valence-corrected chi connectivity index (χ4v) is 7.00. The van der Waals surface area contributed by atoms with E-state index in [1.807, 2.05) is 0 Å². The van der Waals surface area contributed by atoms with Crippen LogP contribution in [0.3, 0.4) is 0 Å². The first-order chi connectivity index (χ1) is 9.71. The van der Waals surface area contributed by atoms with Crippen LogP contribution in [-0.2, 0) is 9.13 Å². The van der Waals surface area contributed by atoms with E-state index in [1.165, 1.54) is 13.3 Å². The van der Waals surface area contributed by atoms with Gasteiger partial charge in [-0.3, -0.25) is 0 Å². The Balaban J connectivity index is 2.80. The van der Waals surface area contributed by atoms with Crippen LogP contribution in [0.5, 0.6) is 0 Å². The highest BCUT2D eigenvalue weighted by molar-refractivity contribution is 7.88. The molecule has 0 fully saturated rings. The molecule has 0 saturated heterocycles. The van der Waals surface area contributed by atoms with Crippen LogP contribution in [0.4, 0.5) is 0 Å². The standard InChI is InChI=1S/C15H18O2P2/c1-18(2,16)13-19(17,14-9-5-3-6-10-14)15-11-7-4-8-12-15/h3-12H,13H2,1-2H3/i13D2. The highest BCUT2D eigenvalue weighted by atomic mass is 31.2. The van der Waals surface area contributed by atoms with E-state index in [9.17, 15) is 9.13 Å². The van der Waals surface area contributed by atoms with Crippen LogP contribution in [0, 0.1) is 0 Å². The summed E-state index contributed by atoms with van der Waals surface area (Å²) in [6.45, 7) is 2.71. The van der Waals surface area contributed by atoms with Gasteiger partial charge in [-0.25, -0.2) is 0 Å². The van der Waals surface area contributed by atoms with Gasteiger partial charge in [-0.05, 0) is 13.3 Å². The minimum Gasteiger partial charge on any atom is -0.324 e. The minimum atomic E-state index is -3.68. The van der Waals surface area contributed by atoms with Gasteiger partial charge in [-0.15, -0.1) is 0 Å². The third kappa shape index (κ3) is 3.47. The van der Waals surface area contributed by atoms with Crippen molar-refractivity contribution in [3.8, 4) is 0 Å². The van der Waals surface area contributed by atoms with Crippen LogP contribution in [-0.4, -0.2) is 19.2 Å². The fourth-order valence-electron chi connectivity index (χ4n) is 1.88. The highest BCUT2D eigenvalue weighted by Gasteiger charge is 2.31. The molecule has 0 aliphatic rings. The van der Waals surface area contributed by atoms with Gasteiger partial charge in [-0.1, -0.05) is 60.7 Å². The molecule has 0 saturated carbocycles. The van der Waals surface area contributed by atoms with Crippen LogP contribution >= 0.6 is 14.3 Å². The van der Waals surface area contributed by atoms with Crippen molar-refractivity contribution in [2.24, 2.45) is 0 Å². The Hall–Kier alpha value is -1.10. The van der Waals surface area contributed by atoms with Crippen LogP contribution in [0.25, 0.3) is 0 Å². The van der Waals surface area contributed by atoms with E-state index < -0.39 is 20.1 Å². The molecule has 0 atom stereocenters. The lowest BCUT2D eigenvalue weighted by molar-refractivity contribution is 0.579. The van der Waals surface area contributed by atoms with Crippen LogP contribution in [0.2, 0.25) is 0 Å². The van der Waals surface area contributed by atoms with Crippen molar-refractivity contribution in [1.29, 1.82) is 0 Å². The van der Waals surface area contributed by atoms with Crippen molar-refractivity contribution in [3.63, 3.8) is 0 Å². The van der Waals surface area contributed by atoms with Crippen LogP contribution < -0.4 is 10.6 Å². The van der Waals surface area contributed by atoms with E-state index in [0.717, 1.165) is 0 Å². The van der Waals surface area contributed by atoms with Crippen molar-refractivity contribution >= 4 is 24.9 Å². The fraction of sp³-hybridized carbons (Fsp3) is 0.200. The van der Waals surface area contributed by atoms with Gasteiger partial charge in [0.1, 0.15) is 7.14 Å². The average Bonchev–Trinajstić information content (AvgIpc) is 2.47. The Morgan fingerprint density at radius 2 is 1.21 bits per heavy atom. The number of benzene rings is 2. The summed E-state index contributed by atoms with van der Waals surface area (Å²) in [4.78, 5) is 0. The largest absolute Gasteiger partial charge is 0.324 e. The molecule has 0 radical (unpaired) electrons. The second-order valence-electron chi connectivity index (χ2n) is 4.73. The SMILES string of the molecule is [2H]C([2H])(P(C)(C)=O)P(=O)(c1ccccc1)c1ccccc1. The zero-order valence-electron chi connectivity index (χ0n) is 13.0. The quantitative estimate of drug-likeness (QED) is 0.808. The lowest BCUT2D eigenvalue weighted by Gasteiger charge is -2.21. The molecule has 2 aromatic carbocycles. The second-order valence-corrected chi connectivity index (χ2v) is 10.5. The summed E-state index contributed by atoms with van der Waals surface area (Å²) in [5, 5.41) is 0.787. The molecule has 0 bridgehead atoms. The first kappa shape index (κ1) is 11.7. The average molecular weight is 294 g/mol. The first-order valence-corrected chi connectivity index (χ1v) is 10.3. The molecule has 100 valence electrons. The Morgan fingerprint density at radius 3 is 1.53 bits per heavy atom. The third-order valence-electron chi connectivity index (χ3n) is 2.62. The zero-order chi connectivity index (χ0) is 15.7. The maximum absolute atomic E-state index is 13.7. The van der Waals surface area contributed by atoms with Gasteiger partial charge in [0.2, 0.25) is 0 Å². The summed E-state index contributed by atoms with van der Waals surface area (Å²) in [5.41, 5.74) is 0. The van der Waals surface area contributed by atoms with Gasteiger partial charge in [-0.2, -0.15) is 0 Å². The maximum atomic E-state index is 13.7. The summed E-state index contributed by atoms with van der Waals surface area (Å²) < 4.78 is 42.9. The smallest absolute Gasteiger partial charge is 0.150 e. The summed E-state index contributed by atoms with van der Waals surface area (Å²) in [6.07, 6.45) is 0. The molecular weight excluding hydrogens is 274 g/mol. The maximum Gasteiger partial charge on any atom is 0.150 e. The normalized spacial score (nSPS) is 14.6. The Bertz CT molecular complexity index is 665. The van der Waals surface area contributed by atoms with E-state index >= 15 is 0 Å². The van der Waals surface area contributed by atoms with Crippen molar-refractivity contribution < 1.29 is 11.9 Å². The Morgan fingerprint density at radius 1 is 0.842 bits per heavy atom. The monoisotopic (exact) mass is 294 g/mol. The third-order valence-corrected chi connectivity index (χ3v) is 7.73. The van der Waals surface area contributed by atoms with Crippen LogP contribution in [0.15, 0.2) is 60.7 Å². The van der Waals surface area contributed by atoms with Gasteiger partial charge in [0, 0.05) is 13.4 Å². The van der Waals surface area contributed by atoms with Gasteiger partial charge in [0.25, 0.3) is 0 Å². The van der Waals surface area contributed by atoms with Gasteiger partial charge < -0.3 is 9.13 Å². The number of hydrogen-bond donors (Lipinski definition) is 0. The van der Waals surface area contributed by atoms with Crippen molar-refractivity contribution in [3.05, 3.63) is 60.7 Å². The molecule has 0 aliphatic heterocycles. The molecule has 4 heteroatoms. The minimum absolute atomic E-state index is 0.394. The molecule has 0 aromatic heterocycles. The molecular formula is C15H18O2P2. The Kier molecular flexibility index (Phi) is 3.38. The molecule has 0 amide bonds. The first-order valence-electron chi connectivity index (χ1n) is 6.98. The van der Waals surface area contributed by atoms with E-state index in [4.69, 9.17) is 2.74 Å². The molecule has 19 heavy (non-hydrogen) atoms. The molecule has 2 rings (SSSR count). The molecule has 2 nitrogen and oxygen atoms in total. The summed E-state index contributed by atoms with van der Waals surface area (Å²) in [7, 11) is -6.93. The Labute approximate surface area is 117 Å². The molecule has 0 spiro atoms. The molecule has 0 heterocycles. The molecule has 0 unspecified atom stereocenters. The van der Waals surface area contributed by atoms with E-state index in [1.54, 1.807) is 60.7 Å². The summed E-state index contributed by atoms with van der Waals surface area (Å²) >= 11 is 0. The molecule has 0 N–H and O–H groups in total. The van der Waals surface area contributed by atoms with Crippen molar-refractivity contribution in [2.45, 2.75) is 0 Å². The van der Waals surface area contributed by atoms with Crippen molar-refractivity contribution in [1.82, 2.24) is 0 Å². The molecule has 0 aliphatic carbocycles. The predicted octanol–water partition coefficient (Wildman–Crippen LogP) is 3.58. The van der Waals surface area contributed by atoms with E-state index in [-0.39, 0.29) is 0 Å². The lowest BCUT2D eigenvalue weighted by atomic mass is 10.4.